The lowest BCUT2D eigenvalue weighted by Gasteiger charge is -2.31. The van der Waals surface area contributed by atoms with Gasteiger partial charge >= 0.3 is 12.0 Å². The van der Waals surface area contributed by atoms with Crippen LogP contribution in [0.2, 0.25) is 0 Å². The number of phenols is 1. The zero-order valence-corrected chi connectivity index (χ0v) is 14.6. The van der Waals surface area contributed by atoms with E-state index >= 15 is 0 Å². The van der Waals surface area contributed by atoms with Crippen molar-refractivity contribution in [3.63, 3.8) is 0 Å². The maximum absolute atomic E-state index is 12.6. The monoisotopic (exact) mass is 345 g/mol. The first-order valence-corrected chi connectivity index (χ1v) is 8.42. The molecule has 1 aliphatic heterocycles. The largest absolute Gasteiger partial charge is 0.508 e. The van der Waals surface area contributed by atoms with Crippen LogP contribution in [-0.2, 0) is 16.0 Å². The van der Waals surface area contributed by atoms with E-state index in [0.29, 0.717) is 13.0 Å². The van der Waals surface area contributed by atoms with Gasteiger partial charge in [0.15, 0.2) is 5.72 Å². The third-order valence-corrected chi connectivity index (χ3v) is 4.42. The molecule has 0 bridgehead atoms. The Labute approximate surface area is 146 Å². The summed E-state index contributed by atoms with van der Waals surface area (Å²) in [7, 11) is 0. The first kappa shape index (κ1) is 17.1. The van der Waals surface area contributed by atoms with Gasteiger partial charge in [0.05, 0.1) is 0 Å². The van der Waals surface area contributed by atoms with E-state index in [1.807, 2.05) is 6.92 Å². The molecule has 0 aliphatic carbocycles. The SMILES string of the molecule is CCCNC(=O)N1[C@@H](Cc2c[nH]c3ccc(O)cc23)C(=O)OC1(C)C. The molecule has 1 saturated heterocycles. The Morgan fingerprint density at radius 3 is 2.92 bits per heavy atom. The minimum atomic E-state index is -1.01. The molecule has 1 atom stereocenters. The lowest BCUT2D eigenvalue weighted by Crippen LogP contribution is -2.53. The van der Waals surface area contributed by atoms with Crippen molar-refractivity contribution >= 4 is 22.9 Å². The van der Waals surface area contributed by atoms with Crippen LogP contribution in [0.3, 0.4) is 0 Å². The molecule has 2 heterocycles. The molecule has 134 valence electrons. The van der Waals surface area contributed by atoms with Gasteiger partial charge in [0.2, 0.25) is 0 Å². The van der Waals surface area contributed by atoms with Crippen molar-refractivity contribution in [2.24, 2.45) is 0 Å². The van der Waals surface area contributed by atoms with Gasteiger partial charge in [-0.3, -0.25) is 4.90 Å². The number of hydrogen-bond donors (Lipinski definition) is 3. The van der Waals surface area contributed by atoms with Crippen LogP contribution in [-0.4, -0.2) is 45.3 Å². The number of benzene rings is 1. The highest BCUT2D eigenvalue weighted by Crippen LogP contribution is 2.32. The fourth-order valence-electron chi connectivity index (χ4n) is 3.27. The number of cyclic esters (lactones) is 1. The zero-order valence-electron chi connectivity index (χ0n) is 14.6. The number of nitrogens with zero attached hydrogens (tertiary/aromatic N) is 1. The Bertz CT molecular complexity index is 812. The van der Waals surface area contributed by atoms with Crippen molar-refractivity contribution in [3.8, 4) is 5.75 Å². The predicted octanol–water partition coefficient (Wildman–Crippen LogP) is 2.50. The molecule has 3 N–H and O–H groups in total. The van der Waals surface area contributed by atoms with E-state index in [4.69, 9.17) is 4.74 Å². The van der Waals surface area contributed by atoms with Crippen LogP contribution in [0.15, 0.2) is 24.4 Å². The number of rotatable bonds is 4. The van der Waals surface area contributed by atoms with Crippen LogP contribution in [0.25, 0.3) is 10.9 Å². The fraction of sp³-hybridized carbons (Fsp3) is 0.444. The molecule has 2 aromatic rings. The summed E-state index contributed by atoms with van der Waals surface area (Å²) in [4.78, 5) is 29.5. The van der Waals surface area contributed by atoms with Crippen LogP contribution in [0.5, 0.6) is 5.75 Å². The Morgan fingerprint density at radius 1 is 1.44 bits per heavy atom. The average Bonchev–Trinajstić information content (AvgIpc) is 3.03. The highest BCUT2D eigenvalue weighted by Gasteiger charge is 2.50. The number of amides is 2. The number of phenolic OH excluding ortho intramolecular Hbond substituents is 1. The quantitative estimate of drug-likeness (QED) is 0.742. The second kappa shape index (κ2) is 6.31. The number of ether oxygens (including phenoxy) is 1. The predicted molar refractivity (Wildman–Crippen MR) is 93.2 cm³/mol. The number of aromatic amines is 1. The number of aromatic nitrogens is 1. The number of esters is 1. The first-order chi connectivity index (χ1) is 11.8. The molecule has 1 aromatic heterocycles. The normalized spacial score (nSPS) is 19.2. The molecular formula is C18H23N3O4. The molecule has 0 unspecified atom stereocenters. The Balaban J connectivity index is 1.91. The highest BCUT2D eigenvalue weighted by molar-refractivity contribution is 5.89. The number of urea groups is 1. The molecule has 1 aromatic carbocycles. The number of hydrogen-bond acceptors (Lipinski definition) is 4. The van der Waals surface area contributed by atoms with Gasteiger partial charge < -0.3 is 20.1 Å². The van der Waals surface area contributed by atoms with Crippen LogP contribution in [0.4, 0.5) is 4.79 Å². The van der Waals surface area contributed by atoms with Gasteiger partial charge in [0, 0.05) is 30.1 Å². The maximum atomic E-state index is 12.6. The molecule has 1 aliphatic rings. The van der Waals surface area contributed by atoms with Gasteiger partial charge in [-0.2, -0.15) is 0 Å². The molecule has 1 fully saturated rings. The second-order valence-corrected chi connectivity index (χ2v) is 6.73. The summed E-state index contributed by atoms with van der Waals surface area (Å²) in [5.74, 6) is -0.272. The second-order valence-electron chi connectivity index (χ2n) is 6.73. The van der Waals surface area contributed by atoms with Gasteiger partial charge in [0.1, 0.15) is 11.8 Å². The third-order valence-electron chi connectivity index (χ3n) is 4.42. The van der Waals surface area contributed by atoms with Crippen molar-refractivity contribution < 1.29 is 19.4 Å². The molecule has 2 amide bonds. The first-order valence-electron chi connectivity index (χ1n) is 8.42. The molecular weight excluding hydrogens is 322 g/mol. The van der Waals surface area contributed by atoms with E-state index in [1.54, 1.807) is 38.2 Å². The summed E-state index contributed by atoms with van der Waals surface area (Å²) in [5.41, 5.74) is 0.702. The van der Waals surface area contributed by atoms with Crippen molar-refractivity contribution in [3.05, 3.63) is 30.0 Å². The topological polar surface area (TPSA) is 94.7 Å². The number of nitrogens with one attached hydrogen (secondary N) is 2. The molecule has 7 nitrogen and oxygen atoms in total. The van der Waals surface area contributed by atoms with Crippen LogP contribution < -0.4 is 5.32 Å². The molecule has 3 rings (SSSR count). The van der Waals surface area contributed by atoms with Gasteiger partial charge in [-0.25, -0.2) is 9.59 Å². The van der Waals surface area contributed by atoms with Crippen molar-refractivity contribution in [2.45, 2.75) is 45.4 Å². The summed E-state index contributed by atoms with van der Waals surface area (Å²) in [6.45, 7) is 5.91. The Hall–Kier alpha value is -2.70. The zero-order chi connectivity index (χ0) is 18.2. The summed E-state index contributed by atoms with van der Waals surface area (Å²) < 4.78 is 5.43. The van der Waals surface area contributed by atoms with Crippen molar-refractivity contribution in [1.82, 2.24) is 15.2 Å². The summed E-state index contributed by atoms with van der Waals surface area (Å²) in [6.07, 6.45) is 2.91. The standard InChI is InChI=1S/C18H23N3O4/c1-4-7-19-17(24)21-15(16(23)25-18(21,2)3)8-11-10-20-14-6-5-12(22)9-13(11)14/h5-6,9-10,15,20,22H,4,7-8H2,1-3H3,(H,19,24)/t15-/m0/s1. The van der Waals surface area contributed by atoms with Crippen molar-refractivity contribution in [1.29, 1.82) is 0 Å². The van der Waals surface area contributed by atoms with Gasteiger partial charge in [0.25, 0.3) is 0 Å². The minimum Gasteiger partial charge on any atom is -0.508 e. The van der Waals surface area contributed by atoms with Crippen LogP contribution in [0, 0.1) is 0 Å². The third kappa shape index (κ3) is 3.14. The van der Waals surface area contributed by atoms with Gasteiger partial charge in [-0.15, -0.1) is 0 Å². The summed E-state index contributed by atoms with van der Waals surface area (Å²) in [5, 5.41) is 13.4. The van der Waals surface area contributed by atoms with Crippen LogP contribution >= 0.6 is 0 Å². The number of fused-ring (bicyclic) bond motifs is 1. The van der Waals surface area contributed by atoms with E-state index in [-0.39, 0.29) is 11.8 Å². The molecule has 0 radical (unpaired) electrons. The van der Waals surface area contributed by atoms with E-state index in [2.05, 4.69) is 10.3 Å². The minimum absolute atomic E-state index is 0.153. The number of H-pyrrole nitrogens is 1. The fourth-order valence-corrected chi connectivity index (χ4v) is 3.27. The smallest absolute Gasteiger partial charge is 0.331 e. The van der Waals surface area contributed by atoms with E-state index in [9.17, 15) is 14.7 Å². The van der Waals surface area contributed by atoms with Gasteiger partial charge in [-0.1, -0.05) is 6.92 Å². The molecule has 25 heavy (non-hydrogen) atoms. The van der Waals surface area contributed by atoms with E-state index < -0.39 is 17.7 Å². The summed E-state index contributed by atoms with van der Waals surface area (Å²) in [6, 6.07) is 3.99. The molecule has 0 saturated carbocycles. The Kier molecular flexibility index (Phi) is 4.32. The maximum Gasteiger partial charge on any atom is 0.331 e. The Morgan fingerprint density at radius 2 is 2.20 bits per heavy atom. The van der Waals surface area contributed by atoms with E-state index in [0.717, 1.165) is 22.9 Å². The van der Waals surface area contributed by atoms with Crippen LogP contribution in [0.1, 0.15) is 32.8 Å². The lowest BCUT2D eigenvalue weighted by molar-refractivity contribution is -0.148. The summed E-state index contributed by atoms with van der Waals surface area (Å²) >= 11 is 0. The molecule has 0 spiro atoms. The number of carbonyl (C=O) groups excluding carboxylic acids is 2. The van der Waals surface area contributed by atoms with Gasteiger partial charge in [-0.05, 0) is 44.0 Å². The number of aromatic hydroxyl groups is 1. The van der Waals surface area contributed by atoms with E-state index in [1.165, 1.54) is 4.90 Å². The number of carbonyl (C=O) groups is 2. The average molecular weight is 345 g/mol. The van der Waals surface area contributed by atoms with Crippen molar-refractivity contribution in [2.75, 3.05) is 6.54 Å². The highest BCUT2D eigenvalue weighted by atomic mass is 16.6. The lowest BCUT2D eigenvalue weighted by atomic mass is 10.0. The molecule has 7 heteroatoms.